The average molecular weight is 296 g/mol. The van der Waals surface area contributed by atoms with Crippen LogP contribution in [-0.2, 0) is 10.0 Å². The molecule has 1 saturated carbocycles. The SMILES string of the molecule is Cc1ncnc(N2CCN(S(=O)(=O)C3CC3)CC2)c1C. The van der Waals surface area contributed by atoms with Gasteiger partial charge in [-0.2, -0.15) is 4.31 Å². The lowest BCUT2D eigenvalue weighted by Gasteiger charge is -2.35. The van der Waals surface area contributed by atoms with Crippen molar-refractivity contribution in [2.45, 2.75) is 31.9 Å². The molecule has 20 heavy (non-hydrogen) atoms. The zero-order valence-corrected chi connectivity index (χ0v) is 12.7. The van der Waals surface area contributed by atoms with E-state index in [0.717, 1.165) is 29.9 Å². The molecule has 1 aromatic rings. The molecule has 6 nitrogen and oxygen atoms in total. The van der Waals surface area contributed by atoms with Gasteiger partial charge in [0, 0.05) is 37.4 Å². The molecule has 2 fully saturated rings. The first-order chi connectivity index (χ1) is 9.50. The van der Waals surface area contributed by atoms with Crippen molar-refractivity contribution in [1.82, 2.24) is 14.3 Å². The van der Waals surface area contributed by atoms with Crippen LogP contribution in [0.4, 0.5) is 5.82 Å². The van der Waals surface area contributed by atoms with E-state index in [1.165, 1.54) is 0 Å². The zero-order valence-electron chi connectivity index (χ0n) is 11.9. The van der Waals surface area contributed by atoms with Gasteiger partial charge in [0.1, 0.15) is 12.1 Å². The van der Waals surface area contributed by atoms with Crippen molar-refractivity contribution in [2.24, 2.45) is 0 Å². The van der Waals surface area contributed by atoms with Gasteiger partial charge in [0.25, 0.3) is 0 Å². The lowest BCUT2D eigenvalue weighted by molar-refractivity contribution is 0.383. The number of rotatable bonds is 3. The summed E-state index contributed by atoms with van der Waals surface area (Å²) < 4.78 is 26.0. The van der Waals surface area contributed by atoms with E-state index in [9.17, 15) is 8.42 Å². The van der Waals surface area contributed by atoms with Crippen LogP contribution in [-0.4, -0.2) is 54.1 Å². The summed E-state index contributed by atoms with van der Waals surface area (Å²) in [7, 11) is -3.04. The Balaban J connectivity index is 1.71. The minimum Gasteiger partial charge on any atom is -0.354 e. The molecule has 0 radical (unpaired) electrons. The molecule has 0 bridgehead atoms. The number of aryl methyl sites for hydroxylation is 1. The largest absolute Gasteiger partial charge is 0.354 e. The van der Waals surface area contributed by atoms with E-state index in [-0.39, 0.29) is 5.25 Å². The van der Waals surface area contributed by atoms with Gasteiger partial charge in [0.2, 0.25) is 10.0 Å². The summed E-state index contributed by atoms with van der Waals surface area (Å²) in [6, 6.07) is 0. The first-order valence-electron chi connectivity index (χ1n) is 7.02. The van der Waals surface area contributed by atoms with Gasteiger partial charge >= 0.3 is 0 Å². The first-order valence-corrected chi connectivity index (χ1v) is 8.52. The van der Waals surface area contributed by atoms with Crippen LogP contribution >= 0.6 is 0 Å². The zero-order chi connectivity index (χ0) is 14.3. The molecule has 3 rings (SSSR count). The molecule has 0 amide bonds. The molecule has 1 saturated heterocycles. The number of sulfonamides is 1. The van der Waals surface area contributed by atoms with Crippen molar-refractivity contribution >= 4 is 15.8 Å². The maximum Gasteiger partial charge on any atom is 0.217 e. The Morgan fingerprint density at radius 1 is 1.10 bits per heavy atom. The molecule has 0 atom stereocenters. The fraction of sp³-hybridized carbons (Fsp3) is 0.692. The standard InChI is InChI=1S/C13H20N4O2S/c1-10-11(2)14-9-15-13(10)16-5-7-17(8-6-16)20(18,19)12-3-4-12/h9,12H,3-8H2,1-2H3. The van der Waals surface area contributed by atoms with E-state index < -0.39 is 10.0 Å². The summed E-state index contributed by atoms with van der Waals surface area (Å²) in [5.41, 5.74) is 2.05. The number of aromatic nitrogens is 2. The second-order valence-electron chi connectivity index (χ2n) is 5.54. The van der Waals surface area contributed by atoms with Gasteiger partial charge in [0.05, 0.1) is 5.25 Å². The molecule has 1 aliphatic heterocycles. The molecule has 0 aromatic carbocycles. The lowest BCUT2D eigenvalue weighted by Crippen LogP contribution is -2.50. The molecule has 0 unspecified atom stereocenters. The van der Waals surface area contributed by atoms with Crippen molar-refractivity contribution in [3.8, 4) is 0 Å². The Morgan fingerprint density at radius 2 is 1.75 bits per heavy atom. The predicted octanol–water partition coefficient (Wildman–Crippen LogP) is 0.708. The Bertz CT molecular complexity index is 605. The highest BCUT2D eigenvalue weighted by atomic mass is 32.2. The summed E-state index contributed by atoms with van der Waals surface area (Å²) in [5, 5.41) is -0.114. The predicted molar refractivity (Wildman–Crippen MR) is 77.2 cm³/mol. The van der Waals surface area contributed by atoms with E-state index in [2.05, 4.69) is 14.9 Å². The van der Waals surface area contributed by atoms with Gasteiger partial charge in [-0.25, -0.2) is 18.4 Å². The van der Waals surface area contributed by atoms with E-state index in [4.69, 9.17) is 0 Å². The molecule has 110 valence electrons. The Labute approximate surface area is 119 Å². The van der Waals surface area contributed by atoms with Crippen LogP contribution in [0.5, 0.6) is 0 Å². The van der Waals surface area contributed by atoms with Crippen LogP contribution in [0.25, 0.3) is 0 Å². The van der Waals surface area contributed by atoms with Crippen LogP contribution in [0.2, 0.25) is 0 Å². The molecular weight excluding hydrogens is 276 g/mol. The molecule has 2 heterocycles. The van der Waals surface area contributed by atoms with E-state index >= 15 is 0 Å². The second kappa shape index (κ2) is 4.96. The van der Waals surface area contributed by atoms with Gasteiger partial charge < -0.3 is 4.90 Å². The lowest BCUT2D eigenvalue weighted by atomic mass is 10.2. The summed E-state index contributed by atoms with van der Waals surface area (Å²) >= 11 is 0. The fourth-order valence-electron chi connectivity index (χ4n) is 2.58. The van der Waals surface area contributed by atoms with Crippen LogP contribution < -0.4 is 4.90 Å². The average Bonchev–Trinajstić information content (AvgIpc) is 3.27. The molecule has 0 N–H and O–H groups in total. The first kappa shape index (κ1) is 13.8. The van der Waals surface area contributed by atoms with Crippen LogP contribution in [0.3, 0.4) is 0 Å². The molecule has 7 heteroatoms. The number of hydrogen-bond donors (Lipinski definition) is 0. The van der Waals surface area contributed by atoms with E-state index in [1.807, 2.05) is 13.8 Å². The van der Waals surface area contributed by atoms with Crippen molar-refractivity contribution in [3.63, 3.8) is 0 Å². The summed E-state index contributed by atoms with van der Waals surface area (Å²) in [5.74, 6) is 0.931. The Morgan fingerprint density at radius 3 is 2.35 bits per heavy atom. The van der Waals surface area contributed by atoms with Crippen molar-refractivity contribution < 1.29 is 8.42 Å². The highest BCUT2D eigenvalue weighted by Crippen LogP contribution is 2.31. The van der Waals surface area contributed by atoms with Crippen molar-refractivity contribution in [1.29, 1.82) is 0 Å². The molecule has 0 spiro atoms. The molecule has 1 aromatic heterocycles. The molecular formula is C13H20N4O2S. The Kier molecular flexibility index (Phi) is 3.41. The Hall–Kier alpha value is -1.21. The van der Waals surface area contributed by atoms with E-state index in [1.54, 1.807) is 10.6 Å². The minimum atomic E-state index is -3.04. The topological polar surface area (TPSA) is 66.4 Å². The third-order valence-electron chi connectivity index (χ3n) is 4.15. The van der Waals surface area contributed by atoms with Crippen LogP contribution in [0.15, 0.2) is 6.33 Å². The van der Waals surface area contributed by atoms with E-state index in [0.29, 0.717) is 26.2 Å². The van der Waals surface area contributed by atoms with Crippen LogP contribution in [0.1, 0.15) is 24.1 Å². The number of piperazine rings is 1. The maximum absolute atomic E-state index is 12.2. The number of hydrogen-bond acceptors (Lipinski definition) is 5. The third-order valence-corrected chi connectivity index (χ3v) is 6.55. The van der Waals surface area contributed by atoms with Crippen LogP contribution in [0, 0.1) is 13.8 Å². The number of nitrogens with zero attached hydrogens (tertiary/aromatic N) is 4. The highest BCUT2D eigenvalue weighted by Gasteiger charge is 2.41. The second-order valence-corrected chi connectivity index (χ2v) is 7.75. The van der Waals surface area contributed by atoms with Gasteiger partial charge in [-0.05, 0) is 26.7 Å². The quantitative estimate of drug-likeness (QED) is 0.822. The highest BCUT2D eigenvalue weighted by molar-refractivity contribution is 7.90. The van der Waals surface area contributed by atoms with Crippen molar-refractivity contribution in [3.05, 3.63) is 17.6 Å². The van der Waals surface area contributed by atoms with Gasteiger partial charge in [-0.15, -0.1) is 0 Å². The third kappa shape index (κ3) is 2.40. The fourth-order valence-corrected chi connectivity index (χ4v) is 4.40. The van der Waals surface area contributed by atoms with Gasteiger partial charge in [0.15, 0.2) is 0 Å². The van der Waals surface area contributed by atoms with Gasteiger partial charge in [-0.1, -0.05) is 0 Å². The van der Waals surface area contributed by atoms with Crippen molar-refractivity contribution in [2.75, 3.05) is 31.1 Å². The number of anilines is 1. The molecule has 2 aliphatic rings. The monoisotopic (exact) mass is 296 g/mol. The summed E-state index contributed by atoms with van der Waals surface area (Å²) in [6.07, 6.45) is 3.23. The summed E-state index contributed by atoms with van der Waals surface area (Å²) in [6.45, 7) is 6.49. The van der Waals surface area contributed by atoms with Gasteiger partial charge in [-0.3, -0.25) is 0 Å². The smallest absolute Gasteiger partial charge is 0.217 e. The maximum atomic E-state index is 12.2. The summed E-state index contributed by atoms with van der Waals surface area (Å²) in [4.78, 5) is 10.7. The normalized spacial score (nSPS) is 21.2. The molecule has 1 aliphatic carbocycles. The minimum absolute atomic E-state index is 0.114.